The number of methoxy groups -OCH3 is 1. The second-order valence-corrected chi connectivity index (χ2v) is 8.28. The number of fused-ring (bicyclic) bond motifs is 1. The van der Waals surface area contributed by atoms with Crippen molar-refractivity contribution in [2.45, 2.75) is 0 Å². The first-order chi connectivity index (χ1) is 16.0. The zero-order valence-corrected chi connectivity index (χ0v) is 19.8. The lowest BCUT2D eigenvalue weighted by atomic mass is 10.0. The van der Waals surface area contributed by atoms with E-state index in [2.05, 4.69) is 33.1 Å². The lowest BCUT2D eigenvalue weighted by Gasteiger charge is -2.11. The fraction of sp³-hybridized carbons (Fsp3) is 0.0385. The maximum atomic E-state index is 12.9. The van der Waals surface area contributed by atoms with Crippen LogP contribution in [-0.2, 0) is 0 Å². The lowest BCUT2D eigenvalue weighted by molar-refractivity contribution is 0.0731. The Balaban J connectivity index is 1.52. The van der Waals surface area contributed by atoms with Gasteiger partial charge in [-0.15, -0.1) is 0 Å². The van der Waals surface area contributed by atoms with Gasteiger partial charge in [0.1, 0.15) is 0 Å². The van der Waals surface area contributed by atoms with Crippen molar-refractivity contribution in [3.8, 4) is 11.5 Å². The number of nitrogens with one attached hydrogen (secondary N) is 1. The molecule has 33 heavy (non-hydrogen) atoms. The van der Waals surface area contributed by atoms with Gasteiger partial charge in [0, 0.05) is 9.13 Å². The summed E-state index contributed by atoms with van der Waals surface area (Å²) in [7, 11) is 1.50. The highest BCUT2D eigenvalue weighted by Gasteiger charge is 2.15. The number of halogens is 1. The second-order valence-electron chi connectivity index (χ2n) is 7.04. The molecular formula is C26H19IN2O4. The number of rotatable bonds is 6. The summed E-state index contributed by atoms with van der Waals surface area (Å²) in [5.41, 5.74) is 4.09. The van der Waals surface area contributed by atoms with E-state index in [0.29, 0.717) is 22.4 Å². The van der Waals surface area contributed by atoms with Crippen molar-refractivity contribution < 1.29 is 19.1 Å². The molecule has 0 aliphatic heterocycles. The molecule has 4 aromatic rings. The summed E-state index contributed by atoms with van der Waals surface area (Å²) in [6, 6.07) is 25.3. The maximum absolute atomic E-state index is 12.9. The van der Waals surface area contributed by atoms with Gasteiger partial charge in [-0.2, -0.15) is 5.10 Å². The molecule has 0 fully saturated rings. The van der Waals surface area contributed by atoms with E-state index in [-0.39, 0.29) is 11.7 Å². The average molecular weight is 550 g/mol. The summed E-state index contributed by atoms with van der Waals surface area (Å²) >= 11 is 2.14. The molecule has 4 rings (SSSR count). The van der Waals surface area contributed by atoms with E-state index in [1.807, 2.05) is 42.5 Å². The minimum atomic E-state index is -0.494. The Hall–Kier alpha value is -3.72. The Morgan fingerprint density at radius 1 is 0.909 bits per heavy atom. The van der Waals surface area contributed by atoms with Gasteiger partial charge in [-0.05, 0) is 81.4 Å². The van der Waals surface area contributed by atoms with E-state index in [4.69, 9.17) is 9.47 Å². The van der Waals surface area contributed by atoms with Gasteiger partial charge in [0.25, 0.3) is 5.91 Å². The molecule has 0 aliphatic rings. The van der Waals surface area contributed by atoms with Gasteiger partial charge < -0.3 is 9.47 Å². The Morgan fingerprint density at radius 3 is 2.52 bits per heavy atom. The molecule has 7 heteroatoms. The molecule has 0 bridgehead atoms. The SMILES string of the molecule is COc1ccc(/C=N\NC(=O)c2cccc(I)c2)cc1OC(=O)c1cccc2ccccc12. The minimum absolute atomic E-state index is 0.253. The largest absolute Gasteiger partial charge is 0.493 e. The van der Waals surface area contributed by atoms with Crippen molar-refractivity contribution in [1.82, 2.24) is 5.43 Å². The van der Waals surface area contributed by atoms with Crippen molar-refractivity contribution in [1.29, 1.82) is 0 Å². The molecule has 0 aromatic heterocycles. The second kappa shape index (κ2) is 10.3. The number of nitrogens with zero attached hydrogens (tertiary/aromatic N) is 1. The van der Waals surface area contributed by atoms with E-state index in [1.165, 1.54) is 13.3 Å². The number of hydrogen-bond acceptors (Lipinski definition) is 5. The van der Waals surface area contributed by atoms with Crippen molar-refractivity contribution in [2.75, 3.05) is 7.11 Å². The molecule has 0 aliphatic carbocycles. The molecule has 0 spiro atoms. The Bertz CT molecular complexity index is 1360. The fourth-order valence-corrected chi connectivity index (χ4v) is 3.81. The average Bonchev–Trinajstić information content (AvgIpc) is 2.83. The monoisotopic (exact) mass is 550 g/mol. The first-order valence-corrected chi connectivity index (χ1v) is 11.1. The summed E-state index contributed by atoms with van der Waals surface area (Å²) in [6.07, 6.45) is 1.47. The molecule has 0 atom stereocenters. The van der Waals surface area contributed by atoms with Gasteiger partial charge in [0.2, 0.25) is 0 Å². The van der Waals surface area contributed by atoms with Gasteiger partial charge in [0.15, 0.2) is 11.5 Å². The number of hydrogen-bond donors (Lipinski definition) is 1. The minimum Gasteiger partial charge on any atom is -0.493 e. The molecule has 1 amide bonds. The number of hydrazone groups is 1. The summed E-state index contributed by atoms with van der Waals surface area (Å²) < 4.78 is 12.0. The van der Waals surface area contributed by atoms with Crippen molar-refractivity contribution in [3.63, 3.8) is 0 Å². The Kier molecular flexibility index (Phi) is 6.99. The summed E-state index contributed by atoms with van der Waals surface area (Å²) in [4.78, 5) is 25.2. The first-order valence-electron chi connectivity index (χ1n) is 10.0. The lowest BCUT2D eigenvalue weighted by Crippen LogP contribution is -2.17. The maximum Gasteiger partial charge on any atom is 0.344 e. The van der Waals surface area contributed by atoms with Crippen LogP contribution in [0.2, 0.25) is 0 Å². The van der Waals surface area contributed by atoms with Crippen LogP contribution >= 0.6 is 22.6 Å². The molecule has 4 aromatic carbocycles. The van der Waals surface area contributed by atoms with E-state index >= 15 is 0 Å². The number of amides is 1. The third kappa shape index (κ3) is 5.38. The van der Waals surface area contributed by atoms with Crippen LogP contribution in [0.15, 0.2) is 90.0 Å². The topological polar surface area (TPSA) is 77.0 Å². The van der Waals surface area contributed by atoms with Crippen LogP contribution in [0.5, 0.6) is 11.5 Å². The van der Waals surface area contributed by atoms with E-state index < -0.39 is 5.97 Å². The van der Waals surface area contributed by atoms with Crippen LogP contribution in [0.1, 0.15) is 26.3 Å². The van der Waals surface area contributed by atoms with Crippen LogP contribution in [0.25, 0.3) is 10.8 Å². The predicted molar refractivity (Wildman–Crippen MR) is 136 cm³/mol. The summed E-state index contributed by atoms with van der Waals surface area (Å²) in [5.74, 6) is -0.154. The fourth-order valence-electron chi connectivity index (χ4n) is 3.27. The highest BCUT2D eigenvalue weighted by atomic mass is 127. The van der Waals surface area contributed by atoms with Gasteiger partial charge in [0.05, 0.1) is 18.9 Å². The molecular weight excluding hydrogens is 531 g/mol. The van der Waals surface area contributed by atoms with Crippen LogP contribution in [0.3, 0.4) is 0 Å². The summed E-state index contributed by atoms with van der Waals surface area (Å²) in [5, 5.41) is 5.77. The van der Waals surface area contributed by atoms with E-state index in [0.717, 1.165) is 14.3 Å². The number of carbonyl (C=O) groups is 2. The third-order valence-electron chi connectivity index (χ3n) is 4.87. The van der Waals surface area contributed by atoms with E-state index in [1.54, 1.807) is 42.5 Å². The summed E-state index contributed by atoms with van der Waals surface area (Å²) in [6.45, 7) is 0. The number of benzene rings is 4. The van der Waals surface area contributed by atoms with Crippen molar-refractivity contribution >= 4 is 51.5 Å². The van der Waals surface area contributed by atoms with Crippen LogP contribution in [-0.4, -0.2) is 25.2 Å². The van der Waals surface area contributed by atoms with Gasteiger partial charge >= 0.3 is 5.97 Å². The smallest absolute Gasteiger partial charge is 0.344 e. The number of carbonyl (C=O) groups excluding carboxylic acids is 2. The van der Waals surface area contributed by atoms with Crippen LogP contribution in [0.4, 0.5) is 0 Å². The molecule has 0 saturated heterocycles. The number of ether oxygens (including phenoxy) is 2. The third-order valence-corrected chi connectivity index (χ3v) is 5.54. The van der Waals surface area contributed by atoms with Crippen molar-refractivity contribution in [2.24, 2.45) is 5.10 Å². The highest BCUT2D eigenvalue weighted by molar-refractivity contribution is 14.1. The van der Waals surface area contributed by atoms with Gasteiger partial charge in [-0.3, -0.25) is 4.79 Å². The Labute approximate surface area is 204 Å². The van der Waals surface area contributed by atoms with Gasteiger partial charge in [-0.1, -0.05) is 42.5 Å². The molecule has 6 nitrogen and oxygen atoms in total. The van der Waals surface area contributed by atoms with Crippen molar-refractivity contribution in [3.05, 3.63) is 105 Å². The standard InChI is InChI=1S/C26H19IN2O4/c1-32-23-13-12-17(16-28-29-25(30)19-8-4-9-20(27)15-19)14-24(23)33-26(31)22-11-5-7-18-6-2-3-10-21(18)22/h2-16H,1H3,(H,29,30)/b28-16-. The molecule has 164 valence electrons. The molecule has 0 unspecified atom stereocenters. The Morgan fingerprint density at radius 2 is 1.70 bits per heavy atom. The predicted octanol–water partition coefficient (Wildman–Crippen LogP) is 5.44. The molecule has 0 radical (unpaired) electrons. The highest BCUT2D eigenvalue weighted by Crippen LogP contribution is 2.29. The van der Waals surface area contributed by atoms with Gasteiger partial charge in [-0.25, -0.2) is 10.2 Å². The molecule has 0 saturated carbocycles. The normalized spacial score (nSPS) is 10.8. The first kappa shape index (κ1) is 22.5. The van der Waals surface area contributed by atoms with Crippen LogP contribution < -0.4 is 14.9 Å². The quantitative estimate of drug-likeness (QED) is 0.114. The zero-order chi connectivity index (χ0) is 23.2. The zero-order valence-electron chi connectivity index (χ0n) is 17.6. The molecule has 1 N–H and O–H groups in total. The van der Waals surface area contributed by atoms with E-state index in [9.17, 15) is 9.59 Å². The number of esters is 1. The molecule has 0 heterocycles. The van der Waals surface area contributed by atoms with Crippen LogP contribution in [0, 0.1) is 3.57 Å².